The smallest absolute Gasteiger partial charge is 0.384 e. The zero-order chi connectivity index (χ0) is 23.8. The first-order chi connectivity index (χ1) is 15.6. The lowest BCUT2D eigenvalue weighted by atomic mass is 10.2. The van der Waals surface area contributed by atoms with Crippen molar-refractivity contribution >= 4 is 34.1 Å². The van der Waals surface area contributed by atoms with Gasteiger partial charge in [-0.3, -0.25) is 0 Å². The van der Waals surface area contributed by atoms with E-state index in [2.05, 4.69) is 15.6 Å². The second-order valence-corrected chi connectivity index (χ2v) is 7.16. The predicted molar refractivity (Wildman–Crippen MR) is 114 cm³/mol. The number of aromatic nitrogens is 2. The molecule has 33 heavy (non-hydrogen) atoms. The molecule has 0 atom stereocenters. The molecule has 0 fully saturated rings. The van der Waals surface area contributed by atoms with E-state index in [0.29, 0.717) is 29.4 Å². The first-order valence-corrected chi connectivity index (χ1v) is 9.54. The van der Waals surface area contributed by atoms with Crippen molar-refractivity contribution in [1.29, 1.82) is 0 Å². The normalized spacial score (nSPS) is 11.5. The SMILES string of the molecule is Nc1cc(Cn2ccc3c(NC(=O)Nc4cc(C(F)(F)F)ccc4F)ccc(F)c32)ccn1. The topological polar surface area (TPSA) is 85.0 Å². The quantitative estimate of drug-likeness (QED) is 0.346. The monoisotopic (exact) mass is 461 g/mol. The van der Waals surface area contributed by atoms with Crippen molar-refractivity contribution in [2.45, 2.75) is 12.7 Å². The van der Waals surface area contributed by atoms with Gasteiger partial charge in [0.15, 0.2) is 0 Å². The molecule has 0 saturated heterocycles. The van der Waals surface area contributed by atoms with Crippen molar-refractivity contribution in [1.82, 2.24) is 9.55 Å². The van der Waals surface area contributed by atoms with Gasteiger partial charge in [-0.1, -0.05) is 0 Å². The minimum atomic E-state index is -4.70. The van der Waals surface area contributed by atoms with E-state index in [1.807, 2.05) is 0 Å². The molecule has 11 heteroatoms. The minimum Gasteiger partial charge on any atom is -0.384 e. The molecule has 0 bridgehead atoms. The Kier molecular flexibility index (Phi) is 5.62. The molecule has 2 aromatic heterocycles. The lowest BCUT2D eigenvalue weighted by Gasteiger charge is -2.13. The maximum absolute atomic E-state index is 14.6. The number of hydrogen-bond acceptors (Lipinski definition) is 3. The van der Waals surface area contributed by atoms with Gasteiger partial charge in [-0.25, -0.2) is 18.6 Å². The lowest BCUT2D eigenvalue weighted by Crippen LogP contribution is -2.21. The molecule has 0 spiro atoms. The van der Waals surface area contributed by atoms with Gasteiger partial charge < -0.3 is 20.9 Å². The van der Waals surface area contributed by atoms with Crippen LogP contribution >= 0.6 is 0 Å². The van der Waals surface area contributed by atoms with Crippen LogP contribution in [0.3, 0.4) is 0 Å². The van der Waals surface area contributed by atoms with Gasteiger partial charge in [-0.15, -0.1) is 0 Å². The lowest BCUT2D eigenvalue weighted by molar-refractivity contribution is -0.137. The number of nitrogens with two attached hydrogens (primary N) is 1. The molecule has 0 saturated carbocycles. The highest BCUT2D eigenvalue weighted by Crippen LogP contribution is 2.32. The van der Waals surface area contributed by atoms with Gasteiger partial charge >= 0.3 is 12.2 Å². The van der Waals surface area contributed by atoms with E-state index in [9.17, 15) is 26.7 Å². The number of halogens is 5. The predicted octanol–water partition coefficient (Wildman–Crippen LogP) is 5.61. The molecule has 170 valence electrons. The van der Waals surface area contributed by atoms with Crippen LogP contribution in [-0.2, 0) is 12.7 Å². The number of anilines is 3. The van der Waals surface area contributed by atoms with E-state index in [-0.39, 0.29) is 17.7 Å². The molecule has 0 aliphatic heterocycles. The summed E-state index contributed by atoms with van der Waals surface area (Å²) in [5.74, 6) is -1.28. The van der Waals surface area contributed by atoms with Crippen LogP contribution in [0.2, 0.25) is 0 Å². The first kappa shape index (κ1) is 22.1. The highest BCUT2D eigenvalue weighted by Gasteiger charge is 2.31. The van der Waals surface area contributed by atoms with Crippen LogP contribution in [0.5, 0.6) is 0 Å². The van der Waals surface area contributed by atoms with Crippen LogP contribution < -0.4 is 16.4 Å². The number of rotatable bonds is 4. The zero-order valence-corrected chi connectivity index (χ0v) is 16.8. The molecular weight excluding hydrogens is 445 g/mol. The molecule has 4 rings (SSSR count). The number of carbonyl (C=O) groups excluding carboxylic acids is 1. The summed E-state index contributed by atoms with van der Waals surface area (Å²) in [6.07, 6.45) is -1.57. The van der Waals surface area contributed by atoms with Gasteiger partial charge in [-0.05, 0) is 54.1 Å². The highest BCUT2D eigenvalue weighted by molar-refractivity contribution is 6.06. The van der Waals surface area contributed by atoms with Crippen molar-refractivity contribution in [3.63, 3.8) is 0 Å². The Morgan fingerprint density at radius 1 is 0.970 bits per heavy atom. The number of benzene rings is 2. The molecule has 2 aromatic carbocycles. The average molecular weight is 461 g/mol. The van der Waals surface area contributed by atoms with Gasteiger partial charge in [0.25, 0.3) is 0 Å². The van der Waals surface area contributed by atoms with E-state index < -0.39 is 35.1 Å². The van der Waals surface area contributed by atoms with Crippen LogP contribution in [0.1, 0.15) is 11.1 Å². The Morgan fingerprint density at radius 2 is 1.70 bits per heavy atom. The number of alkyl halides is 3. The summed E-state index contributed by atoms with van der Waals surface area (Å²) in [6, 6.07) is 8.06. The molecule has 2 heterocycles. The van der Waals surface area contributed by atoms with Gasteiger partial charge in [0.05, 0.1) is 22.5 Å². The summed E-state index contributed by atoms with van der Waals surface area (Å²) >= 11 is 0. The fourth-order valence-electron chi connectivity index (χ4n) is 3.38. The Labute approximate surface area is 183 Å². The number of nitrogen functional groups attached to an aromatic ring is 1. The third-order valence-corrected chi connectivity index (χ3v) is 4.86. The third kappa shape index (κ3) is 4.71. The van der Waals surface area contributed by atoms with E-state index in [1.165, 1.54) is 12.3 Å². The Hall–Kier alpha value is -4.15. The molecule has 0 aliphatic carbocycles. The number of nitrogens with one attached hydrogen (secondary N) is 2. The fraction of sp³-hybridized carbons (Fsp3) is 0.0909. The van der Waals surface area contributed by atoms with Crippen LogP contribution in [-0.4, -0.2) is 15.6 Å². The summed E-state index contributed by atoms with van der Waals surface area (Å²) in [4.78, 5) is 16.3. The molecule has 4 aromatic rings. The van der Waals surface area contributed by atoms with Gasteiger partial charge in [0.1, 0.15) is 17.5 Å². The number of fused-ring (bicyclic) bond motifs is 1. The van der Waals surface area contributed by atoms with Crippen LogP contribution in [0.4, 0.5) is 43.9 Å². The standard InChI is InChI=1S/C22H16F5N5O/c23-15-2-1-13(22(25,26)27)10-18(15)31-21(33)30-17-4-3-16(24)20-14(17)6-8-32(20)11-12-5-7-29-19(28)9-12/h1-10H,11H2,(H2,28,29)(H2,30,31,33). The minimum absolute atomic E-state index is 0.185. The van der Waals surface area contributed by atoms with E-state index >= 15 is 0 Å². The summed E-state index contributed by atoms with van der Waals surface area (Å²) in [5, 5.41) is 4.83. The second-order valence-electron chi connectivity index (χ2n) is 7.16. The molecule has 0 unspecified atom stereocenters. The third-order valence-electron chi connectivity index (χ3n) is 4.86. The molecule has 6 nitrogen and oxygen atoms in total. The Morgan fingerprint density at radius 3 is 2.42 bits per heavy atom. The van der Waals surface area contributed by atoms with Crippen LogP contribution in [0.25, 0.3) is 10.9 Å². The van der Waals surface area contributed by atoms with Crippen LogP contribution in [0, 0.1) is 11.6 Å². The molecular formula is C22H16F5N5O. The molecule has 0 radical (unpaired) electrons. The largest absolute Gasteiger partial charge is 0.416 e. The van der Waals surface area contributed by atoms with Crippen molar-refractivity contribution < 1.29 is 26.7 Å². The molecule has 4 N–H and O–H groups in total. The second kappa shape index (κ2) is 8.41. The summed E-state index contributed by atoms with van der Waals surface area (Å²) in [6.45, 7) is 0.276. The van der Waals surface area contributed by atoms with E-state index in [0.717, 1.165) is 11.6 Å². The summed E-state index contributed by atoms with van der Waals surface area (Å²) < 4.78 is 68.8. The number of amides is 2. The van der Waals surface area contributed by atoms with Crippen molar-refractivity contribution in [2.75, 3.05) is 16.4 Å². The maximum atomic E-state index is 14.6. The van der Waals surface area contributed by atoms with Gasteiger partial charge in [0.2, 0.25) is 0 Å². The fourth-order valence-corrected chi connectivity index (χ4v) is 3.38. The Balaban J connectivity index is 1.59. The maximum Gasteiger partial charge on any atom is 0.416 e. The Bertz CT molecular complexity index is 1350. The van der Waals surface area contributed by atoms with E-state index in [1.54, 1.807) is 29.0 Å². The summed E-state index contributed by atoms with van der Waals surface area (Å²) in [5.41, 5.74) is 5.07. The average Bonchev–Trinajstić information content (AvgIpc) is 3.16. The number of pyridine rings is 1. The highest BCUT2D eigenvalue weighted by atomic mass is 19.4. The first-order valence-electron chi connectivity index (χ1n) is 9.54. The van der Waals surface area contributed by atoms with Gasteiger partial charge in [0, 0.05) is 24.3 Å². The summed E-state index contributed by atoms with van der Waals surface area (Å²) in [7, 11) is 0. The number of nitrogens with zero attached hydrogens (tertiary/aromatic N) is 2. The number of hydrogen-bond donors (Lipinski definition) is 3. The van der Waals surface area contributed by atoms with Crippen molar-refractivity contribution in [3.8, 4) is 0 Å². The van der Waals surface area contributed by atoms with Gasteiger partial charge in [-0.2, -0.15) is 13.2 Å². The molecule has 2 amide bonds. The van der Waals surface area contributed by atoms with Crippen molar-refractivity contribution in [2.24, 2.45) is 0 Å². The number of carbonyl (C=O) groups is 1. The zero-order valence-electron chi connectivity index (χ0n) is 16.8. The number of urea groups is 1. The van der Waals surface area contributed by atoms with Crippen LogP contribution in [0.15, 0.2) is 60.9 Å². The van der Waals surface area contributed by atoms with E-state index in [4.69, 9.17) is 5.73 Å². The molecule has 0 aliphatic rings. The van der Waals surface area contributed by atoms with Crippen molar-refractivity contribution in [3.05, 3.63) is 83.7 Å².